The van der Waals surface area contributed by atoms with E-state index in [0.29, 0.717) is 15.8 Å². The summed E-state index contributed by atoms with van der Waals surface area (Å²) >= 11 is 6.61. The minimum absolute atomic E-state index is 0.0684. The Morgan fingerprint density at radius 2 is 1.86 bits per heavy atom. The molecule has 29 heavy (non-hydrogen) atoms. The van der Waals surface area contributed by atoms with E-state index in [4.69, 9.17) is 12.2 Å². The van der Waals surface area contributed by atoms with Gasteiger partial charge in [-0.2, -0.15) is 0 Å². The molecule has 1 aliphatic rings. The fourth-order valence-corrected chi connectivity index (χ4v) is 4.69. The Morgan fingerprint density at radius 3 is 2.59 bits per heavy atom. The van der Waals surface area contributed by atoms with Crippen molar-refractivity contribution in [1.82, 2.24) is 9.47 Å². The predicted molar refractivity (Wildman–Crippen MR) is 123 cm³/mol. The molecule has 2 heterocycles. The summed E-state index contributed by atoms with van der Waals surface area (Å²) in [6.07, 6.45) is 3.77. The van der Waals surface area contributed by atoms with Gasteiger partial charge in [0.25, 0.3) is 5.91 Å². The van der Waals surface area contributed by atoms with Gasteiger partial charge >= 0.3 is 0 Å². The van der Waals surface area contributed by atoms with E-state index in [1.807, 2.05) is 78.4 Å². The molecule has 0 bridgehead atoms. The normalized spacial score (nSPS) is 15.5. The van der Waals surface area contributed by atoms with Crippen LogP contribution in [0.1, 0.15) is 12.5 Å². The fourth-order valence-electron chi connectivity index (χ4n) is 3.31. The first-order valence-electron chi connectivity index (χ1n) is 9.25. The van der Waals surface area contributed by atoms with Crippen LogP contribution in [0.2, 0.25) is 0 Å². The van der Waals surface area contributed by atoms with Gasteiger partial charge in [-0.15, -0.1) is 0 Å². The molecule has 4 rings (SSSR count). The Morgan fingerprint density at radius 1 is 1.14 bits per heavy atom. The van der Waals surface area contributed by atoms with Crippen molar-refractivity contribution in [1.29, 1.82) is 0 Å². The number of nitrogens with zero attached hydrogens (tertiary/aromatic N) is 2. The van der Waals surface area contributed by atoms with Gasteiger partial charge in [-0.05, 0) is 31.2 Å². The van der Waals surface area contributed by atoms with E-state index >= 15 is 0 Å². The van der Waals surface area contributed by atoms with Gasteiger partial charge < -0.3 is 9.88 Å². The second kappa shape index (κ2) is 8.23. The van der Waals surface area contributed by atoms with Crippen LogP contribution in [-0.4, -0.2) is 32.1 Å². The highest BCUT2D eigenvalue weighted by atomic mass is 32.2. The lowest BCUT2D eigenvalue weighted by atomic mass is 10.1. The molecule has 0 aliphatic carbocycles. The third-order valence-electron chi connectivity index (χ3n) is 4.67. The Labute approximate surface area is 178 Å². The van der Waals surface area contributed by atoms with Crippen LogP contribution in [0.5, 0.6) is 0 Å². The zero-order valence-corrected chi connectivity index (χ0v) is 17.4. The number of aromatic nitrogens is 1. The molecule has 1 aromatic heterocycles. The molecular weight excluding hydrogens is 402 g/mol. The quantitative estimate of drug-likeness (QED) is 0.487. The zero-order valence-electron chi connectivity index (χ0n) is 15.8. The summed E-state index contributed by atoms with van der Waals surface area (Å²) in [5, 5.41) is 3.89. The van der Waals surface area contributed by atoms with E-state index in [0.717, 1.165) is 22.2 Å². The molecule has 1 N–H and O–H groups in total. The number of anilines is 1. The van der Waals surface area contributed by atoms with E-state index in [1.54, 1.807) is 4.90 Å². The number of likely N-dealkylation sites (N-methyl/N-ethyl adjacent to an activating group) is 1. The highest BCUT2D eigenvalue weighted by Gasteiger charge is 2.30. The van der Waals surface area contributed by atoms with E-state index in [2.05, 4.69) is 5.32 Å². The number of fused-ring (bicyclic) bond motifs is 1. The number of hydrogen-bond donors (Lipinski definition) is 1. The lowest BCUT2D eigenvalue weighted by Gasteiger charge is -2.09. The molecule has 1 fully saturated rings. The SMILES string of the molecule is CCN1C(=O)/C(=C/c2cn(CC(=O)Nc3ccccc3)c3ccccc23)SC1=S. The second-order valence-electron chi connectivity index (χ2n) is 6.57. The summed E-state index contributed by atoms with van der Waals surface area (Å²) in [6.45, 7) is 2.65. The van der Waals surface area contributed by atoms with Crippen molar-refractivity contribution < 1.29 is 9.59 Å². The number of rotatable bonds is 5. The second-order valence-corrected chi connectivity index (χ2v) is 8.25. The van der Waals surface area contributed by atoms with Crippen LogP contribution in [0.3, 0.4) is 0 Å². The van der Waals surface area contributed by atoms with Crippen molar-refractivity contribution in [2.45, 2.75) is 13.5 Å². The maximum Gasteiger partial charge on any atom is 0.266 e. The van der Waals surface area contributed by atoms with E-state index in [1.165, 1.54) is 11.8 Å². The summed E-state index contributed by atoms with van der Waals surface area (Å²) in [4.78, 5) is 27.3. The number of amides is 2. The molecule has 146 valence electrons. The molecule has 1 aliphatic heterocycles. The van der Waals surface area contributed by atoms with Gasteiger partial charge in [-0.25, -0.2) is 0 Å². The Kier molecular flexibility index (Phi) is 5.51. The molecule has 0 atom stereocenters. The fraction of sp³-hybridized carbons (Fsp3) is 0.136. The van der Waals surface area contributed by atoms with E-state index in [9.17, 15) is 9.59 Å². The van der Waals surface area contributed by atoms with Crippen LogP contribution in [0.4, 0.5) is 5.69 Å². The van der Waals surface area contributed by atoms with Crippen molar-refractivity contribution in [2.24, 2.45) is 0 Å². The molecular formula is C22H19N3O2S2. The average molecular weight is 422 g/mol. The van der Waals surface area contributed by atoms with Crippen molar-refractivity contribution in [3.05, 3.63) is 71.3 Å². The minimum atomic E-state index is -0.110. The molecule has 2 aromatic carbocycles. The third-order valence-corrected chi connectivity index (χ3v) is 6.05. The summed E-state index contributed by atoms with van der Waals surface area (Å²) < 4.78 is 2.48. The molecule has 7 heteroatoms. The molecule has 3 aromatic rings. The van der Waals surface area contributed by atoms with Gasteiger partial charge in [0.05, 0.1) is 4.91 Å². The van der Waals surface area contributed by atoms with Crippen molar-refractivity contribution >= 4 is 62.8 Å². The molecule has 0 radical (unpaired) electrons. The van der Waals surface area contributed by atoms with Crippen molar-refractivity contribution in [3.8, 4) is 0 Å². The molecule has 1 saturated heterocycles. The van der Waals surface area contributed by atoms with E-state index in [-0.39, 0.29) is 18.4 Å². The van der Waals surface area contributed by atoms with Crippen LogP contribution in [0, 0.1) is 0 Å². The smallest absolute Gasteiger partial charge is 0.266 e. The van der Waals surface area contributed by atoms with Crippen molar-refractivity contribution in [3.63, 3.8) is 0 Å². The number of thioether (sulfide) groups is 1. The topological polar surface area (TPSA) is 54.3 Å². The number of carbonyl (C=O) groups is 2. The van der Waals surface area contributed by atoms with Crippen LogP contribution in [-0.2, 0) is 16.1 Å². The first-order valence-corrected chi connectivity index (χ1v) is 10.5. The number of carbonyl (C=O) groups excluding carboxylic acids is 2. The standard InChI is InChI=1S/C22H19N3O2S2/c1-2-25-21(27)19(29-22(25)28)12-15-13-24(18-11-7-6-10-17(15)18)14-20(26)23-16-8-4-3-5-9-16/h3-13H,2,14H2,1H3,(H,23,26)/b19-12-. The van der Waals surface area contributed by atoms with Gasteiger partial charge in [-0.3, -0.25) is 14.5 Å². The summed E-state index contributed by atoms with van der Waals surface area (Å²) in [5.41, 5.74) is 2.59. The lowest BCUT2D eigenvalue weighted by Crippen LogP contribution is -2.27. The van der Waals surface area contributed by atoms with Gasteiger partial charge in [0.15, 0.2) is 0 Å². The maximum absolute atomic E-state index is 12.6. The van der Waals surface area contributed by atoms with Crippen LogP contribution in [0.15, 0.2) is 65.7 Å². The number of hydrogen-bond acceptors (Lipinski definition) is 4. The lowest BCUT2D eigenvalue weighted by molar-refractivity contribution is -0.122. The predicted octanol–water partition coefficient (Wildman–Crippen LogP) is 4.50. The van der Waals surface area contributed by atoms with Crippen LogP contribution < -0.4 is 5.32 Å². The van der Waals surface area contributed by atoms with Gasteiger partial charge in [0, 0.05) is 34.9 Å². The Bertz CT molecular complexity index is 1140. The summed E-state index contributed by atoms with van der Waals surface area (Å²) in [5.74, 6) is -0.179. The first kappa shape index (κ1) is 19.4. The molecule has 0 unspecified atom stereocenters. The molecule has 5 nitrogen and oxygen atoms in total. The third kappa shape index (κ3) is 3.97. The van der Waals surface area contributed by atoms with Gasteiger partial charge in [0.2, 0.25) is 5.91 Å². The van der Waals surface area contributed by atoms with Crippen LogP contribution in [0.25, 0.3) is 17.0 Å². The highest BCUT2D eigenvalue weighted by Crippen LogP contribution is 2.34. The monoisotopic (exact) mass is 421 g/mol. The number of thiocarbonyl (C=S) groups is 1. The van der Waals surface area contributed by atoms with Crippen molar-refractivity contribution in [2.75, 3.05) is 11.9 Å². The Balaban J connectivity index is 1.64. The average Bonchev–Trinajstić information content (AvgIpc) is 3.19. The number of para-hydroxylation sites is 2. The molecule has 2 amide bonds. The molecule has 0 spiro atoms. The highest BCUT2D eigenvalue weighted by molar-refractivity contribution is 8.26. The van der Waals surface area contributed by atoms with Crippen LogP contribution >= 0.6 is 24.0 Å². The first-order chi connectivity index (χ1) is 14.1. The maximum atomic E-state index is 12.6. The summed E-state index contributed by atoms with van der Waals surface area (Å²) in [6, 6.07) is 17.2. The number of benzene rings is 2. The minimum Gasteiger partial charge on any atom is -0.337 e. The van der Waals surface area contributed by atoms with Gasteiger partial charge in [0.1, 0.15) is 10.9 Å². The molecule has 0 saturated carbocycles. The Hall–Kier alpha value is -2.90. The van der Waals surface area contributed by atoms with Gasteiger partial charge in [-0.1, -0.05) is 60.4 Å². The van der Waals surface area contributed by atoms with E-state index < -0.39 is 0 Å². The number of nitrogens with one attached hydrogen (secondary N) is 1. The largest absolute Gasteiger partial charge is 0.337 e. The zero-order chi connectivity index (χ0) is 20.4. The summed E-state index contributed by atoms with van der Waals surface area (Å²) in [7, 11) is 0.